The van der Waals surface area contributed by atoms with Gasteiger partial charge in [0.1, 0.15) is 4.88 Å². The fourth-order valence-corrected chi connectivity index (χ4v) is 1.93. The first-order chi connectivity index (χ1) is 8.20. The van der Waals surface area contributed by atoms with Crippen molar-refractivity contribution < 1.29 is 19.1 Å². The first-order valence-corrected chi connectivity index (χ1v) is 6.50. The lowest BCUT2D eigenvalue weighted by Crippen LogP contribution is -2.12. The monoisotopic (exact) mass is 256 g/mol. The Kier molecular flexibility index (Phi) is 5.69. The summed E-state index contributed by atoms with van der Waals surface area (Å²) in [4.78, 5) is 23.6. The van der Waals surface area contributed by atoms with Gasteiger partial charge in [0.2, 0.25) is 0 Å². The zero-order chi connectivity index (χ0) is 12.7. The van der Waals surface area contributed by atoms with Gasteiger partial charge in [-0.2, -0.15) is 0 Å². The summed E-state index contributed by atoms with van der Waals surface area (Å²) in [6, 6.07) is 1.59. The van der Waals surface area contributed by atoms with Crippen LogP contribution in [0.15, 0.2) is 11.4 Å². The van der Waals surface area contributed by atoms with Crippen LogP contribution in [0.5, 0.6) is 0 Å². The Balaban J connectivity index is 2.71. The lowest BCUT2D eigenvalue weighted by atomic mass is 10.2. The first kappa shape index (κ1) is 13.7. The zero-order valence-electron chi connectivity index (χ0n) is 10.0. The maximum absolute atomic E-state index is 11.6. The minimum Gasteiger partial charge on any atom is -0.462 e. The van der Waals surface area contributed by atoms with Crippen LogP contribution in [0.25, 0.3) is 0 Å². The minimum absolute atomic E-state index is 0.296. The van der Waals surface area contributed by atoms with Crippen LogP contribution in [0, 0.1) is 0 Å². The molecule has 0 radical (unpaired) electrons. The van der Waals surface area contributed by atoms with Gasteiger partial charge in [-0.05, 0) is 24.3 Å². The molecule has 4 nitrogen and oxygen atoms in total. The van der Waals surface area contributed by atoms with Crippen molar-refractivity contribution in [2.24, 2.45) is 0 Å². The third-order valence-corrected chi connectivity index (χ3v) is 2.84. The van der Waals surface area contributed by atoms with Gasteiger partial charge in [-0.1, -0.05) is 13.8 Å². The van der Waals surface area contributed by atoms with E-state index in [9.17, 15) is 9.59 Å². The normalized spacial score (nSPS) is 10.0. The van der Waals surface area contributed by atoms with Crippen molar-refractivity contribution in [2.75, 3.05) is 13.2 Å². The number of carbonyl (C=O) groups is 2. The Morgan fingerprint density at radius 2 is 1.71 bits per heavy atom. The molecular formula is C12H16O4S. The molecular weight excluding hydrogens is 240 g/mol. The van der Waals surface area contributed by atoms with Crippen LogP contribution in [-0.4, -0.2) is 25.2 Å². The molecule has 0 saturated heterocycles. The molecule has 1 aromatic heterocycles. The average molecular weight is 256 g/mol. The molecule has 1 aromatic rings. The third kappa shape index (κ3) is 3.85. The molecule has 1 heterocycles. The van der Waals surface area contributed by atoms with Crippen LogP contribution in [-0.2, 0) is 9.47 Å². The van der Waals surface area contributed by atoms with Gasteiger partial charge in [0.05, 0.1) is 18.8 Å². The molecule has 0 N–H and O–H groups in total. The summed E-state index contributed by atoms with van der Waals surface area (Å²) in [5, 5.41) is 1.69. The Labute approximate surface area is 105 Å². The maximum Gasteiger partial charge on any atom is 0.349 e. The van der Waals surface area contributed by atoms with Crippen molar-refractivity contribution in [2.45, 2.75) is 26.7 Å². The van der Waals surface area contributed by atoms with Gasteiger partial charge in [-0.15, -0.1) is 11.3 Å². The second-order valence-electron chi connectivity index (χ2n) is 3.44. The van der Waals surface area contributed by atoms with E-state index in [2.05, 4.69) is 0 Å². The topological polar surface area (TPSA) is 52.6 Å². The van der Waals surface area contributed by atoms with Crippen molar-refractivity contribution in [1.82, 2.24) is 0 Å². The van der Waals surface area contributed by atoms with Crippen molar-refractivity contribution >= 4 is 23.3 Å². The number of ether oxygens (including phenoxy) is 2. The van der Waals surface area contributed by atoms with Gasteiger partial charge < -0.3 is 9.47 Å². The summed E-state index contributed by atoms with van der Waals surface area (Å²) >= 11 is 1.19. The van der Waals surface area contributed by atoms with Crippen LogP contribution in [0.4, 0.5) is 0 Å². The second-order valence-corrected chi connectivity index (χ2v) is 4.35. The highest BCUT2D eigenvalue weighted by Crippen LogP contribution is 2.19. The summed E-state index contributed by atoms with van der Waals surface area (Å²) in [5.74, 6) is -0.915. The van der Waals surface area contributed by atoms with E-state index in [4.69, 9.17) is 9.47 Å². The molecule has 0 aliphatic heterocycles. The zero-order valence-corrected chi connectivity index (χ0v) is 10.8. The molecule has 0 aromatic carbocycles. The van der Waals surface area contributed by atoms with E-state index in [1.54, 1.807) is 11.4 Å². The van der Waals surface area contributed by atoms with E-state index in [0.29, 0.717) is 23.7 Å². The number of hydrogen-bond donors (Lipinski definition) is 0. The van der Waals surface area contributed by atoms with Gasteiger partial charge >= 0.3 is 11.9 Å². The predicted octanol–water partition coefficient (Wildman–Crippen LogP) is 2.88. The summed E-state index contributed by atoms with van der Waals surface area (Å²) in [6.45, 7) is 4.55. The van der Waals surface area contributed by atoms with Crippen LogP contribution in [0.3, 0.4) is 0 Å². The smallest absolute Gasteiger partial charge is 0.349 e. The van der Waals surface area contributed by atoms with Crippen molar-refractivity contribution in [3.63, 3.8) is 0 Å². The molecule has 1 rings (SSSR count). The lowest BCUT2D eigenvalue weighted by molar-refractivity contribution is 0.0463. The van der Waals surface area contributed by atoms with E-state index in [1.807, 2.05) is 13.8 Å². The molecule has 0 fully saturated rings. The van der Waals surface area contributed by atoms with E-state index < -0.39 is 11.9 Å². The number of esters is 2. The average Bonchev–Trinajstić information content (AvgIpc) is 2.82. The number of rotatable bonds is 6. The predicted molar refractivity (Wildman–Crippen MR) is 65.5 cm³/mol. The van der Waals surface area contributed by atoms with Gasteiger partial charge in [-0.3, -0.25) is 0 Å². The fourth-order valence-electron chi connectivity index (χ4n) is 1.16. The number of hydrogen-bond acceptors (Lipinski definition) is 5. The highest BCUT2D eigenvalue weighted by molar-refractivity contribution is 7.12. The number of thiophene rings is 1. The van der Waals surface area contributed by atoms with Crippen molar-refractivity contribution in [3.05, 3.63) is 21.9 Å². The van der Waals surface area contributed by atoms with Gasteiger partial charge in [0.25, 0.3) is 0 Å². The molecule has 0 amide bonds. The van der Waals surface area contributed by atoms with Gasteiger partial charge in [0.15, 0.2) is 0 Å². The molecule has 0 saturated carbocycles. The van der Waals surface area contributed by atoms with Gasteiger partial charge in [-0.25, -0.2) is 9.59 Å². The standard InChI is InChI=1S/C12H16O4S/c1-3-6-15-11(13)9-5-8-17-10(9)12(14)16-7-4-2/h5,8H,3-4,6-7H2,1-2H3. The Morgan fingerprint density at radius 1 is 1.12 bits per heavy atom. The molecule has 0 aliphatic carbocycles. The van der Waals surface area contributed by atoms with E-state index in [0.717, 1.165) is 12.8 Å². The molecule has 0 bridgehead atoms. The Morgan fingerprint density at radius 3 is 2.29 bits per heavy atom. The van der Waals surface area contributed by atoms with Crippen molar-refractivity contribution in [1.29, 1.82) is 0 Å². The van der Waals surface area contributed by atoms with Crippen LogP contribution in [0.1, 0.15) is 46.7 Å². The third-order valence-electron chi connectivity index (χ3n) is 1.95. The molecule has 0 aliphatic rings. The van der Waals surface area contributed by atoms with Crippen LogP contribution >= 0.6 is 11.3 Å². The molecule has 17 heavy (non-hydrogen) atoms. The number of carbonyl (C=O) groups excluding carboxylic acids is 2. The summed E-state index contributed by atoms with van der Waals surface area (Å²) in [7, 11) is 0. The SMILES string of the molecule is CCCOC(=O)c1ccsc1C(=O)OCCC. The summed E-state index contributed by atoms with van der Waals surface area (Å²) in [5.41, 5.74) is 0.296. The van der Waals surface area contributed by atoms with Crippen molar-refractivity contribution in [3.8, 4) is 0 Å². The maximum atomic E-state index is 11.6. The molecule has 0 atom stereocenters. The van der Waals surface area contributed by atoms with E-state index >= 15 is 0 Å². The van der Waals surface area contributed by atoms with Gasteiger partial charge in [0, 0.05) is 0 Å². The van der Waals surface area contributed by atoms with E-state index in [-0.39, 0.29) is 0 Å². The fraction of sp³-hybridized carbons (Fsp3) is 0.500. The Bertz CT molecular complexity index is 349. The summed E-state index contributed by atoms with van der Waals surface area (Å²) in [6.07, 6.45) is 1.51. The summed E-state index contributed by atoms with van der Waals surface area (Å²) < 4.78 is 9.99. The molecule has 94 valence electrons. The molecule has 0 spiro atoms. The quantitative estimate of drug-likeness (QED) is 0.734. The first-order valence-electron chi connectivity index (χ1n) is 5.62. The second kappa shape index (κ2) is 7.06. The largest absolute Gasteiger partial charge is 0.462 e. The minimum atomic E-state index is -0.462. The van der Waals surface area contributed by atoms with Crippen LogP contribution in [0.2, 0.25) is 0 Å². The highest BCUT2D eigenvalue weighted by atomic mass is 32.1. The van der Waals surface area contributed by atoms with E-state index in [1.165, 1.54) is 11.3 Å². The van der Waals surface area contributed by atoms with Crippen LogP contribution < -0.4 is 0 Å². The highest BCUT2D eigenvalue weighted by Gasteiger charge is 2.20. The lowest BCUT2D eigenvalue weighted by Gasteiger charge is -2.04. The molecule has 5 heteroatoms. The Hall–Kier alpha value is -1.36. The molecule has 0 unspecified atom stereocenters.